The molecule has 0 amide bonds. The lowest BCUT2D eigenvalue weighted by atomic mass is 10.1. The molecule has 0 heterocycles. The van der Waals surface area contributed by atoms with Gasteiger partial charge in [0.15, 0.2) is 0 Å². The minimum Gasteiger partial charge on any atom is -0.382 e. The zero-order valence-electron chi connectivity index (χ0n) is 21.9. The Kier molecular flexibility index (Phi) is 15.2. The van der Waals surface area contributed by atoms with Crippen LogP contribution in [-0.4, -0.2) is 93.6 Å². The van der Waals surface area contributed by atoms with E-state index in [4.69, 9.17) is 22.6 Å². The van der Waals surface area contributed by atoms with Crippen LogP contribution in [0.25, 0.3) is 0 Å². The van der Waals surface area contributed by atoms with E-state index in [0.717, 1.165) is 18.2 Å². The van der Waals surface area contributed by atoms with Crippen LogP contribution in [0, 0.1) is 0 Å². The van der Waals surface area contributed by atoms with Gasteiger partial charge in [0.05, 0.1) is 58.8 Å². The van der Waals surface area contributed by atoms with E-state index in [1.807, 2.05) is 18.4 Å². The normalized spacial score (nSPS) is 12.7. The Balaban J connectivity index is 3.10. The number of nitrogens with zero attached hydrogens (tertiary/aromatic N) is 1. The van der Waals surface area contributed by atoms with E-state index in [0.29, 0.717) is 57.3 Å². The van der Waals surface area contributed by atoms with Crippen LogP contribution < -0.4 is 4.90 Å². The van der Waals surface area contributed by atoms with Crippen LogP contribution >= 0.6 is 21.6 Å². The lowest BCUT2D eigenvalue weighted by molar-refractivity contribution is 0.0264. The first-order valence-electron chi connectivity index (χ1n) is 11.2. The summed E-state index contributed by atoms with van der Waals surface area (Å²) >= 11 is 0. The summed E-state index contributed by atoms with van der Waals surface area (Å²) in [6, 6.07) is 5.35. The minimum absolute atomic E-state index is 0.120. The second-order valence-electron chi connectivity index (χ2n) is 8.59. The third kappa shape index (κ3) is 16.3. The number of hydrogen-bond acceptors (Lipinski definition) is 12. The van der Waals surface area contributed by atoms with Crippen molar-refractivity contribution in [3.63, 3.8) is 0 Å². The van der Waals surface area contributed by atoms with E-state index in [9.17, 15) is 16.8 Å². The predicted molar refractivity (Wildman–Crippen MR) is 147 cm³/mol. The molecule has 0 spiro atoms. The molecule has 0 saturated heterocycles. The second-order valence-corrected chi connectivity index (χ2v) is 15.0. The van der Waals surface area contributed by atoms with Crippen molar-refractivity contribution in [1.29, 1.82) is 0 Å². The van der Waals surface area contributed by atoms with Gasteiger partial charge in [-0.2, -0.15) is 16.8 Å². The monoisotopic (exact) mass is 589 g/mol. The van der Waals surface area contributed by atoms with Crippen LogP contribution in [-0.2, 0) is 56.0 Å². The molecule has 1 aromatic rings. The Morgan fingerprint density at radius 3 is 1.81 bits per heavy atom. The number of hydrogen-bond donors (Lipinski definition) is 0. The van der Waals surface area contributed by atoms with Gasteiger partial charge >= 0.3 is 0 Å². The fraction of sp³-hybridized carbons (Fsp3) is 0.727. The maximum atomic E-state index is 11.5. The molecular weight excluding hydrogens is 551 g/mol. The summed E-state index contributed by atoms with van der Waals surface area (Å²) in [5.74, 6) is 0. The van der Waals surface area contributed by atoms with Gasteiger partial charge in [0.25, 0.3) is 20.2 Å². The maximum absolute atomic E-state index is 11.5. The fourth-order valence-electron chi connectivity index (χ4n) is 3.09. The Labute approximate surface area is 224 Å². The Morgan fingerprint density at radius 1 is 0.833 bits per heavy atom. The molecule has 10 nitrogen and oxygen atoms in total. The zero-order chi connectivity index (χ0) is 27.2. The highest BCUT2D eigenvalue weighted by molar-refractivity contribution is 8.77. The summed E-state index contributed by atoms with van der Waals surface area (Å²) in [4.78, 5) is 2.13. The average Bonchev–Trinajstić information content (AvgIpc) is 2.76. The van der Waals surface area contributed by atoms with Crippen LogP contribution in [0.4, 0.5) is 5.69 Å². The molecule has 14 heteroatoms. The summed E-state index contributed by atoms with van der Waals surface area (Å²) < 4.78 is 72.1. The highest BCUT2D eigenvalue weighted by atomic mass is 33.1. The van der Waals surface area contributed by atoms with Crippen LogP contribution in [0.15, 0.2) is 18.2 Å². The Bertz CT molecular complexity index is 931. The van der Waals surface area contributed by atoms with Gasteiger partial charge < -0.3 is 19.1 Å². The van der Waals surface area contributed by atoms with Gasteiger partial charge in [-0.25, -0.2) is 0 Å². The highest BCUT2D eigenvalue weighted by Crippen LogP contribution is 2.35. The molecule has 36 heavy (non-hydrogen) atoms. The molecule has 0 aliphatic heterocycles. The molecule has 0 fully saturated rings. The third-order valence-electron chi connectivity index (χ3n) is 4.47. The molecule has 0 aliphatic carbocycles. The summed E-state index contributed by atoms with van der Waals surface area (Å²) in [5, 5.41) is 0. The quantitative estimate of drug-likeness (QED) is 0.126. The number of benzene rings is 1. The molecule has 1 rings (SSSR count). The number of rotatable bonds is 20. The third-order valence-corrected chi connectivity index (χ3v) is 8.16. The standard InChI is InChI=1S/C22H39NO9S4/c1-22(2,34-33-4)18-23(7-8-29-11-12-30-10-9-28-3)21-14-19(16-31-35(5,24)25)13-20(15-21)17-32-36(6,26)27/h13-15H,7-12,16-18H2,1-6H3. The molecule has 0 saturated carbocycles. The van der Waals surface area contributed by atoms with Crippen molar-refractivity contribution < 1.29 is 39.4 Å². The van der Waals surface area contributed by atoms with E-state index < -0.39 is 20.2 Å². The van der Waals surface area contributed by atoms with Crippen LogP contribution in [0.1, 0.15) is 25.0 Å². The Morgan fingerprint density at radius 2 is 1.33 bits per heavy atom. The van der Waals surface area contributed by atoms with Crippen molar-refractivity contribution in [1.82, 2.24) is 0 Å². The molecule has 0 unspecified atom stereocenters. The summed E-state index contributed by atoms with van der Waals surface area (Å²) in [5.41, 5.74) is 1.95. The first-order valence-corrected chi connectivity index (χ1v) is 17.4. The zero-order valence-corrected chi connectivity index (χ0v) is 25.1. The number of methoxy groups -OCH3 is 1. The largest absolute Gasteiger partial charge is 0.382 e. The van der Waals surface area contributed by atoms with Gasteiger partial charge in [-0.15, -0.1) is 0 Å². The SMILES string of the molecule is COCCOCCOCCN(CC(C)(C)SSC)c1cc(COS(C)(=O)=O)cc(COS(C)(=O)=O)c1. The second kappa shape index (κ2) is 16.4. The Hall–Kier alpha value is -0.580. The van der Waals surface area contributed by atoms with Gasteiger partial charge in [0.1, 0.15) is 0 Å². The van der Waals surface area contributed by atoms with Gasteiger partial charge in [-0.1, -0.05) is 27.7 Å². The van der Waals surface area contributed by atoms with Crippen LogP contribution in [0.2, 0.25) is 0 Å². The van der Waals surface area contributed by atoms with Crippen molar-refractivity contribution in [3.8, 4) is 0 Å². The van der Waals surface area contributed by atoms with E-state index in [1.165, 1.54) is 0 Å². The van der Waals surface area contributed by atoms with Gasteiger partial charge in [0, 0.05) is 30.6 Å². The average molecular weight is 590 g/mol. The predicted octanol–water partition coefficient (Wildman–Crippen LogP) is 2.91. The van der Waals surface area contributed by atoms with Crippen molar-refractivity contribution in [2.24, 2.45) is 0 Å². The summed E-state index contributed by atoms with van der Waals surface area (Å²) in [6.07, 6.45) is 3.98. The maximum Gasteiger partial charge on any atom is 0.264 e. The fourth-order valence-corrected chi connectivity index (χ4v) is 5.96. The lowest BCUT2D eigenvalue weighted by Gasteiger charge is -2.34. The molecule has 0 aromatic heterocycles. The lowest BCUT2D eigenvalue weighted by Crippen LogP contribution is -2.38. The first kappa shape index (κ1) is 33.4. The molecule has 1 aromatic carbocycles. The van der Waals surface area contributed by atoms with Crippen molar-refractivity contribution in [2.45, 2.75) is 31.8 Å². The van der Waals surface area contributed by atoms with Gasteiger partial charge in [-0.3, -0.25) is 8.37 Å². The van der Waals surface area contributed by atoms with Gasteiger partial charge in [-0.05, 0) is 43.4 Å². The minimum atomic E-state index is -3.66. The molecule has 0 aliphatic rings. The molecule has 0 bridgehead atoms. The van der Waals surface area contributed by atoms with E-state index >= 15 is 0 Å². The van der Waals surface area contributed by atoms with Crippen molar-refractivity contribution in [2.75, 3.05) is 76.9 Å². The molecule has 0 N–H and O–H groups in total. The molecule has 0 radical (unpaired) electrons. The molecule has 210 valence electrons. The van der Waals surface area contributed by atoms with E-state index in [2.05, 4.69) is 18.7 Å². The molecule has 0 atom stereocenters. The summed E-state index contributed by atoms with van der Waals surface area (Å²) in [7, 11) is -2.28. The van der Waals surface area contributed by atoms with Crippen molar-refractivity contribution in [3.05, 3.63) is 29.3 Å². The van der Waals surface area contributed by atoms with Crippen LogP contribution in [0.3, 0.4) is 0 Å². The van der Waals surface area contributed by atoms with E-state index in [1.54, 1.807) is 34.8 Å². The summed E-state index contributed by atoms with van der Waals surface area (Å²) in [6.45, 7) is 7.51. The smallest absolute Gasteiger partial charge is 0.264 e. The number of ether oxygens (including phenoxy) is 3. The highest BCUT2D eigenvalue weighted by Gasteiger charge is 2.23. The number of anilines is 1. The topological polar surface area (TPSA) is 118 Å². The van der Waals surface area contributed by atoms with Gasteiger partial charge in [0.2, 0.25) is 0 Å². The van der Waals surface area contributed by atoms with Crippen LogP contribution in [0.5, 0.6) is 0 Å². The first-order chi connectivity index (χ1) is 16.7. The molecular formula is C22H39NO9S4. The van der Waals surface area contributed by atoms with Crippen molar-refractivity contribution >= 4 is 47.5 Å². The van der Waals surface area contributed by atoms with E-state index in [-0.39, 0.29) is 18.0 Å².